The lowest BCUT2D eigenvalue weighted by molar-refractivity contribution is -0.121. The molecule has 3 aromatic rings. The molecule has 182 valence electrons. The molecule has 0 radical (unpaired) electrons. The number of rotatable bonds is 13. The minimum atomic E-state index is -0.264. The number of carbonyl (C=O) groups excluding carboxylic acids is 1. The van der Waals surface area contributed by atoms with Crippen molar-refractivity contribution in [3.8, 4) is 10.9 Å². The van der Waals surface area contributed by atoms with Crippen LogP contribution in [0.15, 0.2) is 48.5 Å². The van der Waals surface area contributed by atoms with Crippen molar-refractivity contribution >= 4 is 17.4 Å². The van der Waals surface area contributed by atoms with Gasteiger partial charge in [-0.25, -0.2) is 4.39 Å². The van der Waals surface area contributed by atoms with Gasteiger partial charge in [-0.05, 0) is 74.8 Å². The van der Waals surface area contributed by atoms with E-state index in [1.807, 2.05) is 24.3 Å². The molecule has 1 amide bonds. The molecule has 0 aliphatic carbocycles. The average molecular weight is 485 g/mol. The Bertz CT molecular complexity index is 1020. The summed E-state index contributed by atoms with van der Waals surface area (Å²) in [5, 5.41) is 3.54. The van der Waals surface area contributed by atoms with Gasteiger partial charge in [-0.1, -0.05) is 38.1 Å². The van der Waals surface area contributed by atoms with E-state index >= 15 is 0 Å². The lowest BCUT2D eigenvalue weighted by atomic mass is 10.1. The molecular formula is C26H33FN4O2S. The number of ether oxygens (including phenoxy) is 1. The van der Waals surface area contributed by atoms with Crippen LogP contribution in [0.4, 0.5) is 4.39 Å². The molecular weight excluding hydrogens is 451 g/mol. The number of nitrogens with one attached hydrogen (secondary N) is 1. The van der Waals surface area contributed by atoms with E-state index in [2.05, 4.69) is 40.3 Å². The van der Waals surface area contributed by atoms with Crippen LogP contribution >= 0.6 is 11.5 Å². The molecule has 8 heteroatoms. The van der Waals surface area contributed by atoms with E-state index in [0.29, 0.717) is 29.6 Å². The van der Waals surface area contributed by atoms with Crippen LogP contribution in [0.2, 0.25) is 0 Å². The van der Waals surface area contributed by atoms with Gasteiger partial charge >= 0.3 is 0 Å². The first-order valence-electron chi connectivity index (χ1n) is 11.8. The van der Waals surface area contributed by atoms with Gasteiger partial charge in [0.05, 0.1) is 6.42 Å². The van der Waals surface area contributed by atoms with Crippen molar-refractivity contribution in [3.05, 3.63) is 71.3 Å². The van der Waals surface area contributed by atoms with Gasteiger partial charge in [-0.15, -0.1) is 0 Å². The Morgan fingerprint density at radius 1 is 1.09 bits per heavy atom. The molecule has 6 nitrogen and oxygen atoms in total. The van der Waals surface area contributed by atoms with Crippen LogP contribution in [0.25, 0.3) is 0 Å². The first-order chi connectivity index (χ1) is 16.4. The highest BCUT2D eigenvalue weighted by Gasteiger charge is 2.11. The normalized spacial score (nSPS) is 12.0. The van der Waals surface area contributed by atoms with Crippen LogP contribution in [-0.4, -0.2) is 45.8 Å². The van der Waals surface area contributed by atoms with Crippen molar-refractivity contribution in [1.82, 2.24) is 19.6 Å². The third-order valence-electron chi connectivity index (χ3n) is 5.63. The third-order valence-corrected chi connectivity index (χ3v) is 6.26. The zero-order valence-electron chi connectivity index (χ0n) is 20.1. The Morgan fingerprint density at radius 2 is 1.76 bits per heavy atom. The smallest absolute Gasteiger partial charge is 0.298 e. The number of halogens is 1. The number of aromatic nitrogens is 2. The van der Waals surface area contributed by atoms with Gasteiger partial charge < -0.3 is 15.0 Å². The summed E-state index contributed by atoms with van der Waals surface area (Å²) in [6.07, 6.45) is 2.90. The summed E-state index contributed by atoms with van der Waals surface area (Å²) in [6.45, 7) is 9.60. The molecule has 1 N–H and O–H groups in total. The van der Waals surface area contributed by atoms with Gasteiger partial charge in [-0.3, -0.25) is 4.79 Å². The highest BCUT2D eigenvalue weighted by Crippen LogP contribution is 2.24. The van der Waals surface area contributed by atoms with Gasteiger partial charge in [0.15, 0.2) is 5.82 Å². The van der Waals surface area contributed by atoms with Crippen molar-refractivity contribution < 1.29 is 13.9 Å². The Labute approximate surface area is 205 Å². The van der Waals surface area contributed by atoms with E-state index in [1.54, 1.807) is 12.1 Å². The predicted molar refractivity (Wildman–Crippen MR) is 134 cm³/mol. The fourth-order valence-corrected chi connectivity index (χ4v) is 4.23. The second kappa shape index (κ2) is 13.2. The van der Waals surface area contributed by atoms with Crippen LogP contribution in [0, 0.1) is 5.82 Å². The maximum absolute atomic E-state index is 13.0. The van der Waals surface area contributed by atoms with Gasteiger partial charge in [0.1, 0.15) is 11.6 Å². The number of hydrogen-bond donors (Lipinski definition) is 1. The van der Waals surface area contributed by atoms with Crippen molar-refractivity contribution in [2.45, 2.75) is 52.5 Å². The zero-order chi connectivity index (χ0) is 24.3. The summed E-state index contributed by atoms with van der Waals surface area (Å²) in [4.78, 5) is 19.2. The molecule has 0 bridgehead atoms. The molecule has 2 aromatic carbocycles. The van der Waals surface area contributed by atoms with E-state index in [1.165, 1.54) is 23.7 Å². The predicted octanol–water partition coefficient (Wildman–Crippen LogP) is 5.23. The van der Waals surface area contributed by atoms with E-state index < -0.39 is 0 Å². The van der Waals surface area contributed by atoms with Crippen molar-refractivity contribution in [3.63, 3.8) is 0 Å². The van der Waals surface area contributed by atoms with Crippen LogP contribution in [0.3, 0.4) is 0 Å². The second-order valence-electron chi connectivity index (χ2n) is 8.34. The Balaban J connectivity index is 1.43. The SMILES string of the molecule is CCN(CC)CCCC(C)NC(=O)Cc1ccc(Oc2nc(Cc3ccc(F)cc3)ns2)cc1. The maximum Gasteiger partial charge on any atom is 0.298 e. The standard InChI is InChI=1S/C26H33FN4O2S/c1-4-31(5-2)16-6-7-19(3)28-25(32)18-21-10-14-23(15-11-21)33-26-29-24(30-34-26)17-20-8-12-22(27)13-9-20/h8-15,19H,4-7,16-18H2,1-3H3,(H,28,32). The van der Waals surface area contributed by atoms with E-state index in [0.717, 1.165) is 43.6 Å². The fourth-order valence-electron chi connectivity index (χ4n) is 3.66. The Morgan fingerprint density at radius 3 is 2.44 bits per heavy atom. The van der Waals surface area contributed by atoms with Gasteiger partial charge in [-0.2, -0.15) is 9.36 Å². The molecule has 0 aliphatic heterocycles. The summed E-state index contributed by atoms with van der Waals surface area (Å²) in [5.41, 5.74) is 1.86. The molecule has 34 heavy (non-hydrogen) atoms. The summed E-state index contributed by atoms with van der Waals surface area (Å²) in [7, 11) is 0. The average Bonchev–Trinajstić information content (AvgIpc) is 3.26. The molecule has 1 heterocycles. The number of nitrogens with zero attached hydrogens (tertiary/aromatic N) is 3. The van der Waals surface area contributed by atoms with Crippen LogP contribution in [0.5, 0.6) is 10.9 Å². The molecule has 0 saturated carbocycles. The van der Waals surface area contributed by atoms with Gasteiger partial charge in [0.2, 0.25) is 5.91 Å². The minimum absolute atomic E-state index is 0.0265. The van der Waals surface area contributed by atoms with Crippen molar-refractivity contribution in [2.24, 2.45) is 0 Å². The lowest BCUT2D eigenvalue weighted by Crippen LogP contribution is -2.34. The van der Waals surface area contributed by atoms with Crippen molar-refractivity contribution in [2.75, 3.05) is 19.6 Å². The van der Waals surface area contributed by atoms with Crippen LogP contribution < -0.4 is 10.1 Å². The highest BCUT2D eigenvalue weighted by atomic mass is 32.1. The van der Waals surface area contributed by atoms with E-state index in [4.69, 9.17) is 4.74 Å². The fraction of sp³-hybridized carbons (Fsp3) is 0.423. The molecule has 0 spiro atoms. The molecule has 0 saturated heterocycles. The van der Waals surface area contributed by atoms with Gasteiger partial charge in [0.25, 0.3) is 5.19 Å². The summed E-state index contributed by atoms with van der Waals surface area (Å²) in [5.74, 6) is 1.03. The van der Waals surface area contributed by atoms with Crippen LogP contribution in [-0.2, 0) is 17.6 Å². The summed E-state index contributed by atoms with van der Waals surface area (Å²) in [6, 6.07) is 13.9. The van der Waals surface area contributed by atoms with E-state index in [9.17, 15) is 9.18 Å². The molecule has 0 fully saturated rings. The van der Waals surface area contributed by atoms with Crippen molar-refractivity contribution in [1.29, 1.82) is 0 Å². The van der Waals surface area contributed by atoms with E-state index in [-0.39, 0.29) is 17.8 Å². The number of hydrogen-bond acceptors (Lipinski definition) is 6. The minimum Gasteiger partial charge on any atom is -0.430 e. The summed E-state index contributed by atoms with van der Waals surface area (Å²) < 4.78 is 23.2. The molecule has 1 unspecified atom stereocenters. The second-order valence-corrected chi connectivity index (χ2v) is 9.05. The molecule has 3 rings (SSSR count). The highest BCUT2D eigenvalue weighted by molar-refractivity contribution is 7.07. The Hall–Kier alpha value is -2.84. The maximum atomic E-state index is 13.0. The third kappa shape index (κ3) is 8.50. The topological polar surface area (TPSA) is 67.4 Å². The monoisotopic (exact) mass is 484 g/mol. The first-order valence-corrected chi connectivity index (χ1v) is 12.6. The molecule has 0 aliphatic rings. The number of benzene rings is 2. The Kier molecular flexibility index (Phi) is 9.97. The van der Waals surface area contributed by atoms with Crippen LogP contribution in [0.1, 0.15) is 50.6 Å². The zero-order valence-corrected chi connectivity index (χ0v) is 20.9. The number of amides is 1. The molecule has 1 aromatic heterocycles. The lowest BCUT2D eigenvalue weighted by Gasteiger charge is -2.19. The number of carbonyl (C=O) groups is 1. The molecule has 1 atom stereocenters. The summed E-state index contributed by atoms with van der Waals surface area (Å²) >= 11 is 1.17. The van der Waals surface area contributed by atoms with Gasteiger partial charge in [0, 0.05) is 24.0 Å². The largest absolute Gasteiger partial charge is 0.430 e. The first kappa shape index (κ1) is 25.8. The quantitative estimate of drug-likeness (QED) is 0.360.